The van der Waals surface area contributed by atoms with E-state index in [2.05, 4.69) is 31.0 Å². The highest BCUT2D eigenvalue weighted by Crippen LogP contribution is 2.00. The molecule has 1 unspecified atom stereocenters. The first kappa shape index (κ1) is 15.9. The van der Waals surface area contributed by atoms with Crippen LogP contribution in [-0.2, 0) is 4.74 Å². The molecule has 1 N–H and O–H groups in total. The summed E-state index contributed by atoms with van der Waals surface area (Å²) in [4.78, 5) is 2.44. The van der Waals surface area contributed by atoms with E-state index in [9.17, 15) is 0 Å². The molecule has 98 valence electrons. The van der Waals surface area contributed by atoms with Gasteiger partial charge in [0.2, 0.25) is 0 Å². The number of ether oxygens (including phenoxy) is 1. The second kappa shape index (κ2) is 11.4. The Morgan fingerprint density at radius 1 is 1.19 bits per heavy atom. The van der Waals surface area contributed by atoms with Crippen LogP contribution < -0.4 is 5.32 Å². The van der Waals surface area contributed by atoms with Crippen molar-refractivity contribution >= 4 is 0 Å². The van der Waals surface area contributed by atoms with Crippen LogP contribution >= 0.6 is 0 Å². The first-order chi connectivity index (χ1) is 7.78. The lowest BCUT2D eigenvalue weighted by molar-refractivity contribution is 0.158. The summed E-state index contributed by atoms with van der Waals surface area (Å²) >= 11 is 0. The van der Waals surface area contributed by atoms with Gasteiger partial charge in [0, 0.05) is 26.2 Å². The average Bonchev–Trinajstić information content (AvgIpc) is 2.31. The van der Waals surface area contributed by atoms with Crippen LogP contribution in [-0.4, -0.2) is 50.8 Å². The van der Waals surface area contributed by atoms with Gasteiger partial charge in [-0.1, -0.05) is 33.6 Å². The maximum atomic E-state index is 5.24. The minimum atomic E-state index is 0.528. The summed E-state index contributed by atoms with van der Waals surface area (Å²) in [6.07, 6.45) is 3.77. The fourth-order valence-corrected chi connectivity index (χ4v) is 1.86. The highest BCUT2D eigenvalue weighted by Gasteiger charge is 2.07. The van der Waals surface area contributed by atoms with E-state index in [0.717, 1.165) is 32.8 Å². The molecule has 0 spiro atoms. The van der Waals surface area contributed by atoms with Crippen molar-refractivity contribution in [1.82, 2.24) is 10.2 Å². The lowest BCUT2D eigenvalue weighted by atomic mass is 10.1. The molecule has 0 heterocycles. The summed E-state index contributed by atoms with van der Waals surface area (Å²) in [5.41, 5.74) is 0. The van der Waals surface area contributed by atoms with Gasteiger partial charge in [0.05, 0.1) is 6.61 Å². The number of methoxy groups -OCH3 is 1. The molecule has 0 fully saturated rings. The van der Waals surface area contributed by atoms with Crippen molar-refractivity contribution in [3.63, 3.8) is 0 Å². The molecule has 16 heavy (non-hydrogen) atoms. The molecule has 1 atom stereocenters. The van der Waals surface area contributed by atoms with Crippen molar-refractivity contribution < 1.29 is 4.74 Å². The third kappa shape index (κ3) is 8.08. The fraction of sp³-hybridized carbons (Fsp3) is 1.00. The van der Waals surface area contributed by atoms with E-state index in [1.165, 1.54) is 19.3 Å². The topological polar surface area (TPSA) is 24.5 Å². The molecule has 0 aromatic rings. The molecule has 0 bridgehead atoms. The van der Waals surface area contributed by atoms with E-state index in [4.69, 9.17) is 4.74 Å². The van der Waals surface area contributed by atoms with Crippen LogP contribution in [0.2, 0.25) is 0 Å². The van der Waals surface area contributed by atoms with Crippen LogP contribution in [0.3, 0.4) is 0 Å². The third-order valence-corrected chi connectivity index (χ3v) is 3.03. The summed E-state index contributed by atoms with van der Waals surface area (Å²) in [5, 5.41) is 3.59. The molecule has 3 nitrogen and oxygen atoms in total. The van der Waals surface area contributed by atoms with E-state index >= 15 is 0 Å². The molecule has 0 saturated carbocycles. The summed E-state index contributed by atoms with van der Waals surface area (Å²) in [5.74, 6) is 0. The smallest absolute Gasteiger partial charge is 0.0615 e. The number of hydrogen-bond donors (Lipinski definition) is 1. The Hall–Kier alpha value is -0.120. The van der Waals surface area contributed by atoms with Gasteiger partial charge in [-0.05, 0) is 19.5 Å². The fourth-order valence-electron chi connectivity index (χ4n) is 1.86. The molecular weight excluding hydrogens is 200 g/mol. The van der Waals surface area contributed by atoms with Gasteiger partial charge in [0.15, 0.2) is 0 Å². The molecule has 0 aromatic carbocycles. The van der Waals surface area contributed by atoms with Gasteiger partial charge in [0.1, 0.15) is 0 Å². The van der Waals surface area contributed by atoms with Gasteiger partial charge in [0.25, 0.3) is 0 Å². The zero-order chi connectivity index (χ0) is 12.2. The molecule has 0 radical (unpaired) electrons. The van der Waals surface area contributed by atoms with E-state index < -0.39 is 0 Å². The zero-order valence-electron chi connectivity index (χ0n) is 11.6. The predicted octanol–water partition coefficient (Wildman–Crippen LogP) is 2.12. The van der Waals surface area contributed by atoms with Crippen molar-refractivity contribution in [2.75, 3.05) is 39.9 Å². The van der Waals surface area contributed by atoms with Gasteiger partial charge in [-0.3, -0.25) is 0 Å². The van der Waals surface area contributed by atoms with Crippen LogP contribution in [0.25, 0.3) is 0 Å². The number of nitrogens with zero attached hydrogens (tertiary/aromatic N) is 1. The molecule has 0 rings (SSSR count). The van der Waals surface area contributed by atoms with Gasteiger partial charge in [-0.15, -0.1) is 0 Å². The quantitative estimate of drug-likeness (QED) is 0.588. The Bertz CT molecular complexity index is 138. The molecule has 0 aliphatic heterocycles. The third-order valence-electron chi connectivity index (χ3n) is 3.03. The largest absolute Gasteiger partial charge is 0.383 e. The second-order valence-electron chi connectivity index (χ2n) is 4.28. The van der Waals surface area contributed by atoms with Crippen LogP contribution in [0.1, 0.15) is 40.0 Å². The Balaban J connectivity index is 3.65. The van der Waals surface area contributed by atoms with Gasteiger partial charge >= 0.3 is 0 Å². The van der Waals surface area contributed by atoms with Crippen LogP contribution in [0.4, 0.5) is 0 Å². The first-order valence-electron chi connectivity index (χ1n) is 6.73. The molecule has 0 saturated heterocycles. The lowest BCUT2D eigenvalue weighted by Crippen LogP contribution is -2.39. The van der Waals surface area contributed by atoms with E-state index in [1.54, 1.807) is 7.11 Å². The van der Waals surface area contributed by atoms with Crippen molar-refractivity contribution in [1.29, 1.82) is 0 Å². The standard InChI is InChI=1S/C13H30N2O/c1-5-8-9-13(12-16-4)14-10-11-15(6-2)7-3/h13-14H,5-12H2,1-4H3. The van der Waals surface area contributed by atoms with Crippen molar-refractivity contribution in [2.24, 2.45) is 0 Å². The Labute approximate surface area is 102 Å². The van der Waals surface area contributed by atoms with Crippen molar-refractivity contribution in [3.8, 4) is 0 Å². The molecule has 3 heteroatoms. The van der Waals surface area contributed by atoms with E-state index in [1.807, 2.05) is 0 Å². The van der Waals surface area contributed by atoms with Gasteiger partial charge in [-0.2, -0.15) is 0 Å². The summed E-state index contributed by atoms with van der Waals surface area (Å²) in [6, 6.07) is 0.528. The van der Waals surface area contributed by atoms with E-state index in [-0.39, 0.29) is 0 Å². The van der Waals surface area contributed by atoms with Crippen LogP contribution in [0, 0.1) is 0 Å². The number of unbranched alkanes of at least 4 members (excludes halogenated alkanes) is 1. The maximum absolute atomic E-state index is 5.24. The molecule has 0 aliphatic rings. The average molecular weight is 230 g/mol. The number of hydrogen-bond acceptors (Lipinski definition) is 3. The van der Waals surface area contributed by atoms with Crippen molar-refractivity contribution in [3.05, 3.63) is 0 Å². The van der Waals surface area contributed by atoms with Gasteiger partial charge < -0.3 is 15.0 Å². The zero-order valence-corrected chi connectivity index (χ0v) is 11.6. The van der Waals surface area contributed by atoms with Crippen LogP contribution in [0.15, 0.2) is 0 Å². The molecule has 0 aliphatic carbocycles. The minimum absolute atomic E-state index is 0.528. The number of nitrogens with one attached hydrogen (secondary N) is 1. The highest BCUT2D eigenvalue weighted by molar-refractivity contribution is 4.67. The predicted molar refractivity (Wildman–Crippen MR) is 71.0 cm³/mol. The second-order valence-corrected chi connectivity index (χ2v) is 4.28. The Morgan fingerprint density at radius 3 is 2.38 bits per heavy atom. The SMILES string of the molecule is CCCCC(COC)NCCN(CC)CC. The molecular formula is C13H30N2O. The molecule has 0 aromatic heterocycles. The van der Waals surface area contributed by atoms with Crippen molar-refractivity contribution in [2.45, 2.75) is 46.1 Å². The maximum Gasteiger partial charge on any atom is 0.0615 e. The van der Waals surface area contributed by atoms with Crippen LogP contribution in [0.5, 0.6) is 0 Å². The minimum Gasteiger partial charge on any atom is -0.383 e. The Morgan fingerprint density at radius 2 is 1.88 bits per heavy atom. The highest BCUT2D eigenvalue weighted by atomic mass is 16.5. The number of likely N-dealkylation sites (N-methyl/N-ethyl adjacent to an activating group) is 1. The summed E-state index contributed by atoms with van der Waals surface area (Å²) < 4.78 is 5.24. The summed E-state index contributed by atoms with van der Waals surface area (Å²) in [7, 11) is 1.78. The monoisotopic (exact) mass is 230 g/mol. The number of rotatable bonds is 11. The summed E-state index contributed by atoms with van der Waals surface area (Å²) in [6.45, 7) is 12.0. The Kier molecular flexibility index (Phi) is 11.3. The first-order valence-corrected chi connectivity index (χ1v) is 6.73. The normalized spacial score (nSPS) is 13.3. The molecule has 0 amide bonds. The van der Waals surface area contributed by atoms with Gasteiger partial charge in [-0.25, -0.2) is 0 Å². The van der Waals surface area contributed by atoms with E-state index in [0.29, 0.717) is 6.04 Å². The lowest BCUT2D eigenvalue weighted by Gasteiger charge is -2.22.